The van der Waals surface area contributed by atoms with Gasteiger partial charge in [0, 0.05) is 13.2 Å². The highest BCUT2D eigenvalue weighted by atomic mass is 35.5. The molecule has 0 saturated carbocycles. The van der Waals surface area contributed by atoms with E-state index in [1.165, 1.54) is 0 Å². The number of methoxy groups -OCH3 is 2. The Bertz CT molecular complexity index is 600. The molecule has 6 nitrogen and oxygen atoms in total. The van der Waals surface area contributed by atoms with Crippen LogP contribution in [0.4, 0.5) is 0 Å². The molecule has 0 fully saturated rings. The summed E-state index contributed by atoms with van der Waals surface area (Å²) < 4.78 is 12.3. The summed E-state index contributed by atoms with van der Waals surface area (Å²) in [4.78, 5) is 0. The predicted octanol–water partition coefficient (Wildman–Crippen LogP) is 1.64. The van der Waals surface area contributed by atoms with Gasteiger partial charge in [-0.3, -0.25) is 10.5 Å². The fraction of sp³-hybridized carbons (Fsp3) is 0.308. The lowest BCUT2D eigenvalue weighted by Gasteiger charge is -2.19. The zero-order valence-corrected chi connectivity index (χ0v) is 12.3. The number of hydrazine groups is 1. The van der Waals surface area contributed by atoms with E-state index >= 15 is 0 Å². The van der Waals surface area contributed by atoms with Crippen LogP contribution in [-0.4, -0.2) is 24.0 Å². The van der Waals surface area contributed by atoms with Crippen LogP contribution in [0.1, 0.15) is 17.3 Å². The van der Waals surface area contributed by atoms with E-state index in [2.05, 4.69) is 10.5 Å². The van der Waals surface area contributed by atoms with Gasteiger partial charge in [-0.25, -0.2) is 5.43 Å². The van der Waals surface area contributed by atoms with Gasteiger partial charge < -0.3 is 9.47 Å². The number of hydrogen-bond acceptors (Lipinski definition) is 5. The largest absolute Gasteiger partial charge is 0.493 e. The van der Waals surface area contributed by atoms with Crippen LogP contribution in [0.5, 0.6) is 11.5 Å². The van der Waals surface area contributed by atoms with Crippen molar-refractivity contribution >= 4 is 11.6 Å². The van der Waals surface area contributed by atoms with E-state index < -0.39 is 0 Å². The van der Waals surface area contributed by atoms with E-state index in [1.807, 2.05) is 19.2 Å². The smallest absolute Gasteiger partial charge is 0.179 e. The predicted molar refractivity (Wildman–Crippen MR) is 76.9 cm³/mol. The minimum Gasteiger partial charge on any atom is -0.493 e. The van der Waals surface area contributed by atoms with E-state index in [0.717, 1.165) is 11.3 Å². The molecule has 1 heterocycles. The van der Waals surface area contributed by atoms with Crippen molar-refractivity contribution in [1.29, 1.82) is 0 Å². The number of rotatable bonds is 5. The Morgan fingerprint density at radius 1 is 1.35 bits per heavy atom. The minimum atomic E-state index is -0.250. The van der Waals surface area contributed by atoms with Gasteiger partial charge in [0.25, 0.3) is 0 Å². The first-order valence-electron chi connectivity index (χ1n) is 5.97. The number of aromatic nitrogens is 2. The topological polar surface area (TPSA) is 74.3 Å². The standard InChI is InChI=1S/C13H17ClN4O2/c1-18-10(4-5-16-18)12(17-15)8-6-9(14)13(20-3)11(7-8)19-2/h4-7,12,17H,15H2,1-3H3. The molecule has 1 aromatic heterocycles. The molecule has 0 aliphatic carbocycles. The Hall–Kier alpha value is -1.76. The molecule has 0 aliphatic rings. The molecule has 108 valence electrons. The quantitative estimate of drug-likeness (QED) is 0.648. The molecule has 20 heavy (non-hydrogen) atoms. The molecule has 2 aromatic rings. The first-order valence-corrected chi connectivity index (χ1v) is 6.35. The number of halogens is 1. The summed E-state index contributed by atoms with van der Waals surface area (Å²) in [5, 5.41) is 4.60. The molecule has 0 amide bonds. The van der Waals surface area contributed by atoms with E-state index in [1.54, 1.807) is 31.2 Å². The zero-order valence-electron chi connectivity index (χ0n) is 11.6. The summed E-state index contributed by atoms with van der Waals surface area (Å²) in [6.07, 6.45) is 1.71. The highest BCUT2D eigenvalue weighted by Crippen LogP contribution is 2.38. The van der Waals surface area contributed by atoms with Crippen molar-refractivity contribution in [3.63, 3.8) is 0 Å². The van der Waals surface area contributed by atoms with Crippen molar-refractivity contribution in [1.82, 2.24) is 15.2 Å². The number of nitrogens with two attached hydrogens (primary N) is 1. The molecule has 0 spiro atoms. The lowest BCUT2D eigenvalue weighted by atomic mass is 10.0. The van der Waals surface area contributed by atoms with Gasteiger partial charge in [0.1, 0.15) is 0 Å². The molecule has 2 rings (SSSR count). The second kappa shape index (κ2) is 6.13. The summed E-state index contributed by atoms with van der Waals surface area (Å²) in [6.45, 7) is 0. The third-order valence-corrected chi connectivity index (χ3v) is 3.39. The van der Waals surface area contributed by atoms with Crippen LogP contribution in [-0.2, 0) is 7.05 Å². The minimum absolute atomic E-state index is 0.250. The second-order valence-electron chi connectivity index (χ2n) is 4.22. The van der Waals surface area contributed by atoms with Gasteiger partial charge in [0.2, 0.25) is 0 Å². The molecule has 0 radical (unpaired) electrons. The SMILES string of the molecule is COc1cc(C(NN)c2ccnn2C)cc(Cl)c1OC. The number of nitrogens with zero attached hydrogens (tertiary/aromatic N) is 2. The molecule has 0 aliphatic heterocycles. The fourth-order valence-electron chi connectivity index (χ4n) is 2.12. The van der Waals surface area contributed by atoms with E-state index in [4.69, 9.17) is 26.9 Å². The number of nitrogens with one attached hydrogen (secondary N) is 1. The number of ether oxygens (including phenoxy) is 2. The van der Waals surface area contributed by atoms with Gasteiger partial charge >= 0.3 is 0 Å². The Morgan fingerprint density at radius 2 is 2.10 bits per heavy atom. The number of benzene rings is 1. The average molecular weight is 297 g/mol. The molecule has 1 unspecified atom stereocenters. The first-order chi connectivity index (χ1) is 9.62. The number of aryl methyl sites for hydroxylation is 1. The lowest BCUT2D eigenvalue weighted by molar-refractivity contribution is 0.354. The summed E-state index contributed by atoms with van der Waals surface area (Å²) in [5.74, 6) is 6.72. The molecule has 1 aromatic carbocycles. The maximum atomic E-state index is 6.22. The zero-order chi connectivity index (χ0) is 14.7. The highest BCUT2D eigenvalue weighted by molar-refractivity contribution is 6.32. The maximum Gasteiger partial charge on any atom is 0.179 e. The van der Waals surface area contributed by atoms with Gasteiger partial charge in [-0.2, -0.15) is 5.10 Å². The molecule has 1 atom stereocenters. The molecular weight excluding hydrogens is 280 g/mol. The Balaban J connectivity index is 2.51. The van der Waals surface area contributed by atoms with Crippen LogP contribution in [0, 0.1) is 0 Å². The van der Waals surface area contributed by atoms with Gasteiger partial charge in [-0.1, -0.05) is 11.6 Å². The Morgan fingerprint density at radius 3 is 2.60 bits per heavy atom. The van der Waals surface area contributed by atoms with E-state index in [-0.39, 0.29) is 6.04 Å². The van der Waals surface area contributed by atoms with Crippen LogP contribution >= 0.6 is 11.6 Å². The summed E-state index contributed by atoms with van der Waals surface area (Å²) in [6, 6.07) is 5.26. The van der Waals surface area contributed by atoms with E-state index in [9.17, 15) is 0 Å². The van der Waals surface area contributed by atoms with Crippen molar-refractivity contribution in [2.24, 2.45) is 12.9 Å². The summed E-state index contributed by atoms with van der Waals surface area (Å²) in [5.41, 5.74) is 4.53. The highest BCUT2D eigenvalue weighted by Gasteiger charge is 2.20. The monoisotopic (exact) mass is 296 g/mol. The molecule has 0 saturated heterocycles. The molecule has 3 N–H and O–H groups in total. The molecular formula is C13H17ClN4O2. The number of hydrogen-bond donors (Lipinski definition) is 2. The van der Waals surface area contributed by atoms with Crippen molar-refractivity contribution < 1.29 is 9.47 Å². The third-order valence-electron chi connectivity index (χ3n) is 3.11. The van der Waals surface area contributed by atoms with Crippen LogP contribution in [0.15, 0.2) is 24.4 Å². The van der Waals surface area contributed by atoms with Crippen molar-refractivity contribution in [3.05, 3.63) is 40.7 Å². The van der Waals surface area contributed by atoms with E-state index in [0.29, 0.717) is 16.5 Å². The van der Waals surface area contributed by atoms with Crippen LogP contribution < -0.4 is 20.7 Å². The fourth-order valence-corrected chi connectivity index (χ4v) is 2.42. The second-order valence-corrected chi connectivity index (χ2v) is 4.62. The Kier molecular flexibility index (Phi) is 4.49. The molecule has 7 heteroatoms. The average Bonchev–Trinajstić information content (AvgIpc) is 2.85. The van der Waals surface area contributed by atoms with Crippen LogP contribution in [0.2, 0.25) is 5.02 Å². The lowest BCUT2D eigenvalue weighted by Crippen LogP contribution is -2.30. The van der Waals surface area contributed by atoms with Crippen LogP contribution in [0.25, 0.3) is 0 Å². The molecule has 0 bridgehead atoms. The summed E-state index contributed by atoms with van der Waals surface area (Å²) >= 11 is 6.22. The van der Waals surface area contributed by atoms with Gasteiger partial charge in [0.05, 0.1) is 31.0 Å². The van der Waals surface area contributed by atoms with Crippen LogP contribution in [0.3, 0.4) is 0 Å². The van der Waals surface area contributed by atoms with Crippen molar-refractivity contribution in [2.75, 3.05) is 14.2 Å². The van der Waals surface area contributed by atoms with Gasteiger partial charge in [-0.15, -0.1) is 0 Å². The Labute approximate surface area is 122 Å². The normalized spacial score (nSPS) is 12.2. The summed E-state index contributed by atoms with van der Waals surface area (Å²) in [7, 11) is 4.96. The van der Waals surface area contributed by atoms with Gasteiger partial charge in [0.15, 0.2) is 11.5 Å². The van der Waals surface area contributed by atoms with Crippen molar-refractivity contribution in [3.8, 4) is 11.5 Å². The third kappa shape index (κ3) is 2.58. The maximum absolute atomic E-state index is 6.22. The van der Waals surface area contributed by atoms with Gasteiger partial charge in [-0.05, 0) is 23.8 Å². The van der Waals surface area contributed by atoms with Crippen molar-refractivity contribution in [2.45, 2.75) is 6.04 Å². The first kappa shape index (κ1) is 14.6.